The molecule has 3 N–H and O–H groups in total. The lowest BCUT2D eigenvalue weighted by Gasteiger charge is -2.53. The maximum absolute atomic E-state index is 9.28. The first-order valence-corrected chi connectivity index (χ1v) is 18.1. The van der Waals surface area contributed by atoms with E-state index in [-0.39, 0.29) is 16.7 Å². The fraction of sp³-hybridized carbons (Fsp3) is 0.213. The SMILES string of the molecule is CC1(c2ccc(-c3ccc(C(=N)/N=C(\N)c4ccccc4)cc3)cc2)CC2CCCC(c3ccc(-c4ccc5cc(C#N)ccc5c4)cc3)(C2)C1. The number of nitrogens with zero attached hydrogens (tertiary/aromatic N) is 2. The van der Waals surface area contributed by atoms with Gasteiger partial charge in [-0.3, -0.25) is 5.41 Å². The summed E-state index contributed by atoms with van der Waals surface area (Å²) in [5.74, 6) is 1.23. The van der Waals surface area contributed by atoms with Crippen LogP contribution in [-0.2, 0) is 10.8 Å². The zero-order valence-electron chi connectivity index (χ0n) is 29.1. The van der Waals surface area contributed by atoms with Crippen LogP contribution in [0.3, 0.4) is 0 Å². The second-order valence-electron chi connectivity index (χ2n) is 15.0. The average Bonchev–Trinajstić information content (AvgIpc) is 3.17. The van der Waals surface area contributed by atoms with Crippen molar-refractivity contribution >= 4 is 22.4 Å². The molecule has 3 atom stereocenters. The molecule has 6 aromatic rings. The number of fused-ring (bicyclic) bond motifs is 3. The molecule has 6 aromatic carbocycles. The van der Waals surface area contributed by atoms with Crippen LogP contribution >= 0.6 is 0 Å². The third kappa shape index (κ3) is 6.37. The van der Waals surface area contributed by atoms with Gasteiger partial charge in [-0.2, -0.15) is 5.26 Å². The van der Waals surface area contributed by atoms with Crippen LogP contribution in [0.5, 0.6) is 0 Å². The van der Waals surface area contributed by atoms with Gasteiger partial charge in [0.25, 0.3) is 0 Å². The molecule has 4 heteroatoms. The maximum atomic E-state index is 9.28. The van der Waals surface area contributed by atoms with Gasteiger partial charge in [-0.05, 0) is 105 Å². The predicted octanol–water partition coefficient (Wildman–Crippen LogP) is 11.0. The summed E-state index contributed by atoms with van der Waals surface area (Å²) >= 11 is 0. The minimum atomic E-state index is 0.108. The van der Waals surface area contributed by atoms with Gasteiger partial charge in [0.15, 0.2) is 5.84 Å². The fourth-order valence-electron chi connectivity index (χ4n) is 9.12. The molecule has 0 spiro atoms. The summed E-state index contributed by atoms with van der Waals surface area (Å²) in [4.78, 5) is 4.34. The number of rotatable bonds is 6. The second-order valence-corrected chi connectivity index (χ2v) is 15.0. The van der Waals surface area contributed by atoms with Gasteiger partial charge in [-0.25, -0.2) is 4.99 Å². The first-order chi connectivity index (χ1) is 24.8. The monoisotopic (exact) mass is 662 g/mol. The van der Waals surface area contributed by atoms with Crippen molar-refractivity contribution in [3.63, 3.8) is 0 Å². The van der Waals surface area contributed by atoms with Crippen LogP contribution in [0.15, 0.2) is 145 Å². The standard InChI is InChI=1S/C47H42N4/c1-46(42-21-17-35(18-22-42)34-11-13-38(14-12-34)45(50)51-44(49)37-7-3-2-4-8-37)28-33-6-5-25-47(29-33,31-46)43-23-19-36(20-24-43)40-16-15-39-26-32(30-48)9-10-41(39)27-40/h2-4,7-24,26-27,33H,5-6,25,28-29,31H2,1H3,(H3,49,50,51). The molecule has 2 aliphatic rings. The lowest BCUT2D eigenvalue weighted by molar-refractivity contribution is 0.0874. The molecule has 2 bridgehead atoms. The van der Waals surface area contributed by atoms with Gasteiger partial charge in [0, 0.05) is 11.1 Å². The van der Waals surface area contributed by atoms with Crippen molar-refractivity contribution in [3.05, 3.63) is 167 Å². The highest BCUT2D eigenvalue weighted by molar-refractivity contribution is 6.09. The summed E-state index contributed by atoms with van der Waals surface area (Å²) in [5.41, 5.74) is 16.4. The van der Waals surface area contributed by atoms with Crippen LogP contribution in [0.4, 0.5) is 0 Å². The number of nitrogens with two attached hydrogens (primary N) is 1. The van der Waals surface area contributed by atoms with E-state index in [1.165, 1.54) is 59.9 Å². The third-order valence-electron chi connectivity index (χ3n) is 11.6. The molecule has 0 radical (unpaired) electrons. The van der Waals surface area contributed by atoms with E-state index in [4.69, 9.17) is 11.1 Å². The van der Waals surface area contributed by atoms with Crippen molar-refractivity contribution < 1.29 is 0 Å². The molecule has 250 valence electrons. The lowest BCUT2D eigenvalue weighted by Crippen LogP contribution is -2.46. The minimum Gasteiger partial charge on any atom is -0.383 e. The first kappa shape index (κ1) is 32.4. The number of benzene rings is 6. The summed E-state index contributed by atoms with van der Waals surface area (Å²) < 4.78 is 0. The van der Waals surface area contributed by atoms with Gasteiger partial charge in [0.2, 0.25) is 0 Å². The van der Waals surface area contributed by atoms with Gasteiger partial charge in [-0.15, -0.1) is 0 Å². The molecule has 2 saturated carbocycles. The quantitative estimate of drug-likeness (QED) is 0.137. The predicted molar refractivity (Wildman–Crippen MR) is 210 cm³/mol. The molecule has 0 saturated heterocycles. The molecule has 51 heavy (non-hydrogen) atoms. The number of nitriles is 1. The zero-order chi connectivity index (χ0) is 35.0. The highest BCUT2D eigenvalue weighted by Gasteiger charge is 2.49. The van der Waals surface area contributed by atoms with Crippen molar-refractivity contribution in [2.75, 3.05) is 0 Å². The van der Waals surface area contributed by atoms with Crippen LogP contribution in [-0.4, -0.2) is 11.7 Å². The highest BCUT2D eigenvalue weighted by Crippen LogP contribution is 2.57. The Kier molecular flexibility index (Phi) is 8.36. The molecular formula is C47H42N4. The van der Waals surface area contributed by atoms with Crippen molar-refractivity contribution in [3.8, 4) is 28.3 Å². The molecule has 0 heterocycles. The Hall–Kier alpha value is -5.79. The Bertz CT molecular complexity index is 2300. The molecule has 0 amide bonds. The van der Waals surface area contributed by atoms with E-state index >= 15 is 0 Å². The zero-order valence-corrected chi connectivity index (χ0v) is 29.1. The molecule has 2 fully saturated rings. The number of hydrogen-bond donors (Lipinski definition) is 2. The van der Waals surface area contributed by atoms with Crippen LogP contribution < -0.4 is 5.73 Å². The Morgan fingerprint density at radius 3 is 2.02 bits per heavy atom. The van der Waals surface area contributed by atoms with Crippen molar-refractivity contribution in [1.82, 2.24) is 0 Å². The highest BCUT2D eigenvalue weighted by atomic mass is 14.9. The van der Waals surface area contributed by atoms with Gasteiger partial charge in [0.1, 0.15) is 5.84 Å². The lowest BCUT2D eigenvalue weighted by atomic mass is 9.51. The smallest absolute Gasteiger partial charge is 0.154 e. The number of nitrogens with one attached hydrogen (secondary N) is 1. The molecule has 0 aliphatic heterocycles. The van der Waals surface area contributed by atoms with E-state index in [1.807, 2.05) is 60.7 Å². The average molecular weight is 663 g/mol. The second kappa shape index (κ2) is 13.2. The van der Waals surface area contributed by atoms with E-state index < -0.39 is 0 Å². The minimum absolute atomic E-state index is 0.108. The van der Waals surface area contributed by atoms with Crippen molar-refractivity contribution in [2.45, 2.75) is 56.3 Å². The largest absolute Gasteiger partial charge is 0.383 e. The van der Waals surface area contributed by atoms with E-state index in [9.17, 15) is 5.26 Å². The summed E-state index contributed by atoms with van der Waals surface area (Å²) in [6.07, 6.45) is 7.54. The van der Waals surface area contributed by atoms with E-state index in [2.05, 4.69) is 96.8 Å². The fourth-order valence-corrected chi connectivity index (χ4v) is 9.12. The normalized spacial score (nSPS) is 21.6. The number of aliphatic imine (C=N–C) groups is 1. The van der Waals surface area contributed by atoms with E-state index in [0.717, 1.165) is 39.8 Å². The van der Waals surface area contributed by atoms with Gasteiger partial charge in [-0.1, -0.05) is 141 Å². The van der Waals surface area contributed by atoms with Crippen LogP contribution in [0.2, 0.25) is 0 Å². The summed E-state index contributed by atoms with van der Waals surface area (Å²) in [5, 5.41) is 20.0. The van der Waals surface area contributed by atoms with Crippen molar-refractivity contribution in [2.24, 2.45) is 16.6 Å². The summed E-state index contributed by atoms with van der Waals surface area (Å²) in [7, 11) is 0. The molecule has 0 aromatic heterocycles. The van der Waals surface area contributed by atoms with Crippen molar-refractivity contribution in [1.29, 1.82) is 10.7 Å². The maximum Gasteiger partial charge on any atom is 0.154 e. The summed E-state index contributed by atoms with van der Waals surface area (Å²) in [6, 6.07) is 51.0. The Balaban J connectivity index is 1.00. The van der Waals surface area contributed by atoms with Gasteiger partial charge >= 0.3 is 0 Å². The first-order valence-electron chi connectivity index (χ1n) is 18.1. The third-order valence-corrected chi connectivity index (χ3v) is 11.6. The Morgan fingerprint density at radius 2 is 1.31 bits per heavy atom. The topological polar surface area (TPSA) is 86.0 Å². The Labute approximate surface area is 300 Å². The molecule has 2 aliphatic carbocycles. The van der Waals surface area contributed by atoms with Crippen LogP contribution in [0.1, 0.15) is 73.3 Å². The van der Waals surface area contributed by atoms with Gasteiger partial charge < -0.3 is 5.73 Å². The molecule has 3 unspecified atom stereocenters. The molecule has 8 rings (SSSR count). The molecular weight excluding hydrogens is 621 g/mol. The number of hydrogen-bond acceptors (Lipinski definition) is 2. The Morgan fingerprint density at radius 1 is 0.706 bits per heavy atom. The van der Waals surface area contributed by atoms with Crippen LogP contribution in [0.25, 0.3) is 33.0 Å². The van der Waals surface area contributed by atoms with E-state index in [0.29, 0.717) is 11.4 Å². The molecule has 4 nitrogen and oxygen atoms in total. The van der Waals surface area contributed by atoms with Crippen LogP contribution in [0, 0.1) is 22.7 Å². The number of amidine groups is 2. The summed E-state index contributed by atoms with van der Waals surface area (Å²) in [6.45, 7) is 2.50. The van der Waals surface area contributed by atoms with E-state index in [1.54, 1.807) is 0 Å². The van der Waals surface area contributed by atoms with Gasteiger partial charge in [0.05, 0.1) is 11.6 Å².